The second kappa shape index (κ2) is 10.6. The Kier molecular flexibility index (Phi) is 8.09. The molecule has 1 aromatic rings. The fraction of sp³-hybridized carbons (Fsp3) is 0.652. The maximum absolute atomic E-state index is 13.2. The van der Waals surface area contributed by atoms with Crippen molar-refractivity contribution in [1.82, 2.24) is 9.21 Å². The van der Waals surface area contributed by atoms with Crippen LogP contribution in [0.2, 0.25) is 0 Å². The molecule has 0 aromatic heterocycles. The molecule has 170 valence electrons. The van der Waals surface area contributed by atoms with Gasteiger partial charge in [-0.1, -0.05) is 26.0 Å². The zero-order chi connectivity index (χ0) is 22.4. The molecule has 0 atom stereocenters. The molecule has 0 bridgehead atoms. The van der Waals surface area contributed by atoms with Gasteiger partial charge in [-0.25, -0.2) is 8.42 Å². The van der Waals surface area contributed by atoms with Crippen LogP contribution in [0.15, 0.2) is 29.2 Å². The molecule has 0 aliphatic carbocycles. The van der Waals surface area contributed by atoms with E-state index in [1.165, 1.54) is 4.31 Å². The number of benzene rings is 1. The van der Waals surface area contributed by atoms with Crippen LogP contribution in [0.3, 0.4) is 0 Å². The van der Waals surface area contributed by atoms with E-state index in [0.717, 1.165) is 18.4 Å². The van der Waals surface area contributed by atoms with Crippen LogP contribution >= 0.6 is 0 Å². The van der Waals surface area contributed by atoms with Crippen LogP contribution in [0.1, 0.15) is 57.4 Å². The Morgan fingerprint density at radius 1 is 1.16 bits per heavy atom. The van der Waals surface area contributed by atoms with Gasteiger partial charge in [-0.3, -0.25) is 4.79 Å². The zero-order valence-electron chi connectivity index (χ0n) is 18.5. The monoisotopic (exact) mass is 447 g/mol. The number of ether oxygens (including phenoxy) is 1. The number of carbonyl (C=O) groups is 1. The Labute approximate surface area is 186 Å². The van der Waals surface area contributed by atoms with Gasteiger partial charge in [0.15, 0.2) is 0 Å². The van der Waals surface area contributed by atoms with Crippen molar-refractivity contribution in [2.45, 2.75) is 62.8 Å². The summed E-state index contributed by atoms with van der Waals surface area (Å²) < 4.78 is 33.0. The van der Waals surface area contributed by atoms with Crippen LogP contribution in [0.25, 0.3) is 0 Å². The lowest BCUT2D eigenvalue weighted by Crippen LogP contribution is -2.49. The van der Waals surface area contributed by atoms with E-state index in [1.807, 2.05) is 17.0 Å². The van der Waals surface area contributed by atoms with Crippen LogP contribution in [-0.2, 0) is 19.6 Å². The topological polar surface area (TPSA) is 90.7 Å². The fourth-order valence-electron chi connectivity index (χ4n) is 4.39. The summed E-state index contributed by atoms with van der Waals surface area (Å²) in [5.74, 6) is 0.204. The number of nitriles is 1. The number of piperidine rings is 1. The summed E-state index contributed by atoms with van der Waals surface area (Å²) in [7, 11) is -3.56. The highest BCUT2D eigenvalue weighted by Crippen LogP contribution is 2.28. The first-order valence-corrected chi connectivity index (χ1v) is 12.6. The molecule has 2 saturated heterocycles. The molecule has 1 amide bonds. The Bertz CT molecular complexity index is 878. The molecular weight excluding hydrogens is 414 g/mol. The first-order valence-electron chi connectivity index (χ1n) is 11.2. The maximum Gasteiger partial charge on any atom is 0.243 e. The van der Waals surface area contributed by atoms with E-state index in [2.05, 4.69) is 19.9 Å². The summed E-state index contributed by atoms with van der Waals surface area (Å²) in [4.78, 5) is 15.4. The van der Waals surface area contributed by atoms with Gasteiger partial charge in [-0.15, -0.1) is 0 Å². The predicted molar refractivity (Wildman–Crippen MR) is 118 cm³/mol. The van der Waals surface area contributed by atoms with E-state index in [0.29, 0.717) is 62.9 Å². The van der Waals surface area contributed by atoms with E-state index in [1.54, 1.807) is 12.1 Å². The highest BCUT2D eigenvalue weighted by molar-refractivity contribution is 7.89. The summed E-state index contributed by atoms with van der Waals surface area (Å²) in [6.45, 7) is 6.52. The summed E-state index contributed by atoms with van der Waals surface area (Å²) >= 11 is 0. The summed E-state index contributed by atoms with van der Waals surface area (Å²) in [5, 5.41) is 9.00. The Hall–Kier alpha value is -1.95. The first kappa shape index (κ1) is 23.7. The number of sulfonamides is 1. The molecule has 2 aliphatic rings. The molecule has 2 fully saturated rings. The highest BCUT2D eigenvalue weighted by atomic mass is 32.2. The number of hydrogen-bond donors (Lipinski definition) is 0. The first-order chi connectivity index (χ1) is 14.8. The van der Waals surface area contributed by atoms with Gasteiger partial charge < -0.3 is 9.64 Å². The number of carbonyl (C=O) groups excluding carboxylic acids is 1. The van der Waals surface area contributed by atoms with Crippen LogP contribution in [0.4, 0.5) is 0 Å². The summed E-state index contributed by atoms with van der Waals surface area (Å²) in [5.41, 5.74) is 1.11. The van der Waals surface area contributed by atoms with Crippen molar-refractivity contribution in [2.75, 3.05) is 32.8 Å². The van der Waals surface area contributed by atoms with Gasteiger partial charge in [0.1, 0.15) is 0 Å². The molecular formula is C23H33N3O4S. The Morgan fingerprint density at radius 3 is 2.32 bits per heavy atom. The number of amides is 1. The normalized spacial score (nSPS) is 19.3. The molecule has 0 N–H and O–H groups in total. The highest BCUT2D eigenvalue weighted by Gasteiger charge is 2.36. The summed E-state index contributed by atoms with van der Waals surface area (Å²) in [6.07, 6.45) is 2.90. The summed E-state index contributed by atoms with van der Waals surface area (Å²) in [6, 6.07) is 9.34. The minimum Gasteiger partial charge on any atom is -0.381 e. The quantitative estimate of drug-likeness (QED) is 0.640. The van der Waals surface area contributed by atoms with E-state index < -0.39 is 10.0 Å². The van der Waals surface area contributed by atoms with Gasteiger partial charge in [0.25, 0.3) is 0 Å². The third-order valence-electron chi connectivity index (χ3n) is 6.37. The minimum atomic E-state index is -3.56. The number of nitrogens with zero attached hydrogens (tertiary/aromatic N) is 3. The van der Waals surface area contributed by atoms with Crippen molar-refractivity contribution in [2.24, 2.45) is 5.92 Å². The lowest BCUT2D eigenvalue weighted by Gasteiger charge is -2.38. The molecule has 2 aliphatic heterocycles. The van der Waals surface area contributed by atoms with E-state index in [-0.39, 0.29) is 17.9 Å². The van der Waals surface area contributed by atoms with E-state index >= 15 is 0 Å². The zero-order valence-corrected chi connectivity index (χ0v) is 19.3. The van der Waals surface area contributed by atoms with Crippen LogP contribution in [0.5, 0.6) is 0 Å². The van der Waals surface area contributed by atoms with Crippen molar-refractivity contribution in [3.63, 3.8) is 0 Å². The third-order valence-corrected chi connectivity index (χ3v) is 8.28. The molecule has 3 rings (SSSR count). The molecule has 0 radical (unpaired) electrons. The largest absolute Gasteiger partial charge is 0.381 e. The van der Waals surface area contributed by atoms with Crippen LogP contribution in [-0.4, -0.2) is 62.4 Å². The molecule has 1 aromatic carbocycles. The smallest absolute Gasteiger partial charge is 0.243 e. The van der Waals surface area contributed by atoms with E-state index in [4.69, 9.17) is 10.00 Å². The van der Waals surface area contributed by atoms with Crippen LogP contribution in [0, 0.1) is 17.2 Å². The van der Waals surface area contributed by atoms with Crippen LogP contribution < -0.4 is 0 Å². The maximum atomic E-state index is 13.2. The molecule has 0 saturated carbocycles. The van der Waals surface area contributed by atoms with Gasteiger partial charge in [-0.2, -0.15) is 9.57 Å². The van der Waals surface area contributed by atoms with Gasteiger partial charge in [0.2, 0.25) is 15.9 Å². The molecule has 2 heterocycles. The number of rotatable bonds is 7. The molecule has 0 unspecified atom stereocenters. The standard InChI is InChI=1S/C23H33N3O4S/c1-18(2)19-4-6-22(7-5-19)31(28,29)25-14-8-20(9-15-25)23(27)26(13-3-12-24)21-10-16-30-17-11-21/h4-7,18,20-21H,3,8-11,13-17H2,1-2H3. The van der Waals surface area contributed by atoms with Crippen molar-refractivity contribution in [3.8, 4) is 6.07 Å². The molecule has 31 heavy (non-hydrogen) atoms. The third kappa shape index (κ3) is 5.65. The van der Waals surface area contributed by atoms with Gasteiger partial charge in [0, 0.05) is 44.8 Å². The average molecular weight is 448 g/mol. The second-order valence-electron chi connectivity index (χ2n) is 8.69. The lowest BCUT2D eigenvalue weighted by atomic mass is 9.94. The van der Waals surface area contributed by atoms with Gasteiger partial charge in [-0.05, 0) is 49.3 Å². The lowest BCUT2D eigenvalue weighted by molar-refractivity contribution is -0.141. The Morgan fingerprint density at radius 2 is 1.77 bits per heavy atom. The second-order valence-corrected chi connectivity index (χ2v) is 10.6. The fourth-order valence-corrected chi connectivity index (χ4v) is 5.86. The van der Waals surface area contributed by atoms with Crippen molar-refractivity contribution < 1.29 is 17.9 Å². The predicted octanol–water partition coefficient (Wildman–Crippen LogP) is 3.13. The minimum absolute atomic E-state index is 0.0560. The van der Waals surface area contributed by atoms with Gasteiger partial charge in [0.05, 0.1) is 17.4 Å². The van der Waals surface area contributed by atoms with Gasteiger partial charge >= 0.3 is 0 Å². The molecule has 8 heteroatoms. The average Bonchev–Trinajstić information content (AvgIpc) is 2.80. The SMILES string of the molecule is CC(C)c1ccc(S(=O)(=O)N2CCC(C(=O)N(CCC#N)C3CCOCC3)CC2)cc1. The number of hydrogen-bond acceptors (Lipinski definition) is 5. The molecule has 0 spiro atoms. The molecule has 7 nitrogen and oxygen atoms in total. The van der Waals surface area contributed by atoms with Crippen molar-refractivity contribution in [1.29, 1.82) is 5.26 Å². The van der Waals surface area contributed by atoms with Crippen molar-refractivity contribution >= 4 is 15.9 Å². The Balaban J connectivity index is 1.64. The van der Waals surface area contributed by atoms with E-state index in [9.17, 15) is 13.2 Å². The van der Waals surface area contributed by atoms with Crippen molar-refractivity contribution in [3.05, 3.63) is 29.8 Å².